The third kappa shape index (κ3) is 5.74. The van der Waals surface area contributed by atoms with E-state index in [0.29, 0.717) is 0 Å². The van der Waals surface area contributed by atoms with Gasteiger partial charge in [0.1, 0.15) is 35.6 Å². The molecule has 0 saturated heterocycles. The van der Waals surface area contributed by atoms with E-state index in [-0.39, 0.29) is 34.4 Å². The SMILES string of the molecule is CNC[C@H](O)[C@@H](O)[C@H](O)[C@H](O)CO.O=C(O)c1cc(O)c2c(c1)C(=O)c1cc(O)cc(O)c1C2=O. The van der Waals surface area contributed by atoms with Crippen LogP contribution in [0.1, 0.15) is 42.2 Å². The molecule has 2 aromatic rings. The molecule has 0 unspecified atom stereocenters. The minimum Gasteiger partial charge on any atom is -0.508 e. The number of fused-ring (bicyclic) bond motifs is 2. The zero-order valence-electron chi connectivity index (χ0n) is 18.3. The van der Waals surface area contributed by atoms with Crippen molar-refractivity contribution in [1.82, 2.24) is 5.32 Å². The first-order valence-electron chi connectivity index (χ1n) is 10.1. The number of hydrogen-bond donors (Lipinski definition) is 10. The number of carboxylic acids is 1. The van der Waals surface area contributed by atoms with Crippen molar-refractivity contribution in [2.75, 3.05) is 20.2 Å². The van der Waals surface area contributed by atoms with Crippen molar-refractivity contribution in [2.24, 2.45) is 0 Å². The van der Waals surface area contributed by atoms with Crippen LogP contribution >= 0.6 is 0 Å². The van der Waals surface area contributed by atoms with Crippen LogP contribution in [0, 0.1) is 0 Å². The second-order valence-electron chi connectivity index (χ2n) is 7.62. The van der Waals surface area contributed by atoms with Gasteiger partial charge in [0.2, 0.25) is 5.78 Å². The number of hydrogen-bond acceptors (Lipinski definition) is 12. The first-order valence-corrected chi connectivity index (χ1v) is 10.1. The number of benzene rings is 2. The van der Waals surface area contributed by atoms with Crippen molar-refractivity contribution < 1.29 is 60.3 Å². The van der Waals surface area contributed by atoms with Crippen molar-refractivity contribution in [3.8, 4) is 17.2 Å². The Labute approximate surface area is 197 Å². The number of likely N-dealkylation sites (N-methyl/N-ethyl adjacent to an activating group) is 1. The number of carboxylic acid groups (broad SMARTS) is 1. The summed E-state index contributed by atoms with van der Waals surface area (Å²) in [5.41, 5.74) is -1.61. The van der Waals surface area contributed by atoms with Gasteiger partial charge in [0.05, 0.1) is 29.4 Å². The van der Waals surface area contributed by atoms with E-state index in [0.717, 1.165) is 24.3 Å². The second-order valence-corrected chi connectivity index (χ2v) is 7.62. The molecule has 0 fully saturated rings. The summed E-state index contributed by atoms with van der Waals surface area (Å²) >= 11 is 0. The molecule has 0 radical (unpaired) electrons. The van der Waals surface area contributed by atoms with Crippen LogP contribution in [0.25, 0.3) is 0 Å². The highest BCUT2D eigenvalue weighted by atomic mass is 16.4. The van der Waals surface area contributed by atoms with Gasteiger partial charge in [0.15, 0.2) is 5.78 Å². The number of rotatable bonds is 7. The van der Waals surface area contributed by atoms with Crippen LogP contribution in [0.4, 0.5) is 0 Å². The highest BCUT2D eigenvalue weighted by Gasteiger charge is 2.35. The Kier molecular flexibility index (Phi) is 8.87. The Morgan fingerprint density at radius 1 is 0.829 bits per heavy atom. The fraction of sp³-hybridized carbons (Fsp3) is 0.318. The monoisotopic (exact) mass is 495 g/mol. The van der Waals surface area contributed by atoms with E-state index in [1.165, 1.54) is 0 Å². The summed E-state index contributed by atoms with van der Waals surface area (Å²) in [5.74, 6) is -4.64. The number of carbonyl (C=O) groups excluding carboxylic acids is 2. The number of ketones is 2. The van der Waals surface area contributed by atoms with E-state index in [4.69, 9.17) is 25.5 Å². The zero-order chi connectivity index (χ0) is 26.6. The summed E-state index contributed by atoms with van der Waals surface area (Å²) in [5, 5.41) is 85.5. The third-order valence-electron chi connectivity index (χ3n) is 5.15. The van der Waals surface area contributed by atoms with Gasteiger partial charge in [-0.25, -0.2) is 4.79 Å². The molecule has 0 amide bonds. The van der Waals surface area contributed by atoms with Crippen LogP contribution in [0.15, 0.2) is 24.3 Å². The first-order chi connectivity index (χ1) is 16.3. The van der Waals surface area contributed by atoms with Crippen molar-refractivity contribution >= 4 is 17.5 Å². The lowest BCUT2D eigenvalue weighted by Crippen LogP contribution is -2.48. The Balaban J connectivity index is 0.000000287. The van der Waals surface area contributed by atoms with Crippen LogP contribution in [0.3, 0.4) is 0 Å². The lowest BCUT2D eigenvalue weighted by molar-refractivity contribution is -0.113. The third-order valence-corrected chi connectivity index (χ3v) is 5.15. The fourth-order valence-electron chi connectivity index (χ4n) is 3.36. The molecule has 10 N–H and O–H groups in total. The normalized spacial score (nSPS) is 15.7. The minimum atomic E-state index is -1.55. The minimum absolute atomic E-state index is 0.0936. The topological polar surface area (TPSA) is 245 Å². The molecule has 13 heteroatoms. The maximum absolute atomic E-state index is 12.4. The molecule has 13 nitrogen and oxygen atoms in total. The predicted octanol–water partition coefficient (Wildman–Crippen LogP) is -2.08. The summed E-state index contributed by atoms with van der Waals surface area (Å²) in [6, 6.07) is 3.73. The molecule has 190 valence electrons. The number of aliphatic hydroxyl groups excluding tert-OH is 5. The van der Waals surface area contributed by atoms with Crippen LogP contribution in [0.2, 0.25) is 0 Å². The second kappa shape index (κ2) is 11.2. The number of phenols is 3. The molecule has 0 bridgehead atoms. The summed E-state index contributed by atoms with van der Waals surface area (Å²) in [6.45, 7) is -0.569. The number of aromatic hydroxyl groups is 3. The summed E-state index contributed by atoms with van der Waals surface area (Å²) in [6.07, 6.45) is -5.65. The molecule has 0 saturated carbocycles. The number of aliphatic hydroxyl groups is 5. The largest absolute Gasteiger partial charge is 0.508 e. The lowest BCUT2D eigenvalue weighted by atomic mass is 9.82. The average molecular weight is 495 g/mol. The standard InChI is InChI=1S/C15H8O7.C7H17NO5/c16-6-3-8-12(10(18)4-6)14(20)11-7(13(8)19)1-5(15(21)22)2-9(11)17;1-8-2-4(10)6(12)7(13)5(11)3-9/h1-4,16-18H,(H,21,22);4-13H,2-3H2,1H3/t;4-,5+,6+,7+/m.0/s1. The smallest absolute Gasteiger partial charge is 0.335 e. The molecule has 0 spiro atoms. The quantitative estimate of drug-likeness (QED) is 0.169. The molecule has 0 aliphatic heterocycles. The van der Waals surface area contributed by atoms with Gasteiger partial charge in [0.25, 0.3) is 0 Å². The lowest BCUT2D eigenvalue weighted by Gasteiger charge is -2.25. The Morgan fingerprint density at radius 2 is 1.34 bits per heavy atom. The molecule has 0 heterocycles. The van der Waals surface area contributed by atoms with Crippen LogP contribution < -0.4 is 5.32 Å². The van der Waals surface area contributed by atoms with Gasteiger partial charge in [-0.1, -0.05) is 0 Å². The van der Waals surface area contributed by atoms with Gasteiger partial charge in [-0.3, -0.25) is 9.59 Å². The number of aromatic carboxylic acids is 1. The van der Waals surface area contributed by atoms with Gasteiger partial charge in [0, 0.05) is 23.7 Å². The van der Waals surface area contributed by atoms with Gasteiger partial charge >= 0.3 is 5.97 Å². The molecule has 35 heavy (non-hydrogen) atoms. The molecule has 1 aliphatic rings. The number of nitrogens with one attached hydrogen (secondary N) is 1. The number of phenolic OH excluding ortho intramolecular Hbond substituents is 3. The van der Waals surface area contributed by atoms with Crippen LogP contribution in [-0.4, -0.2) is 108 Å². The van der Waals surface area contributed by atoms with E-state index < -0.39 is 65.8 Å². The van der Waals surface area contributed by atoms with Crippen molar-refractivity contribution in [3.63, 3.8) is 0 Å². The van der Waals surface area contributed by atoms with Gasteiger partial charge in [-0.05, 0) is 25.2 Å². The molecule has 4 atom stereocenters. The average Bonchev–Trinajstić information content (AvgIpc) is 2.80. The van der Waals surface area contributed by atoms with E-state index >= 15 is 0 Å². The molecular weight excluding hydrogens is 470 g/mol. The van der Waals surface area contributed by atoms with Gasteiger partial charge < -0.3 is 51.3 Å². The Hall–Kier alpha value is -3.59. The molecule has 3 rings (SSSR count). The van der Waals surface area contributed by atoms with Crippen molar-refractivity contribution in [2.45, 2.75) is 24.4 Å². The van der Waals surface area contributed by atoms with Crippen molar-refractivity contribution in [1.29, 1.82) is 0 Å². The van der Waals surface area contributed by atoms with E-state index in [9.17, 15) is 34.8 Å². The van der Waals surface area contributed by atoms with E-state index in [1.54, 1.807) is 7.05 Å². The first kappa shape index (κ1) is 27.7. The van der Waals surface area contributed by atoms with E-state index in [1.807, 2.05) is 0 Å². The maximum Gasteiger partial charge on any atom is 0.335 e. The molecule has 1 aliphatic carbocycles. The Morgan fingerprint density at radius 3 is 1.86 bits per heavy atom. The highest BCUT2D eigenvalue weighted by molar-refractivity contribution is 6.30. The summed E-state index contributed by atoms with van der Waals surface area (Å²) in [4.78, 5) is 35.8. The molecule has 2 aromatic carbocycles. The van der Waals surface area contributed by atoms with Gasteiger partial charge in [-0.2, -0.15) is 0 Å². The van der Waals surface area contributed by atoms with Crippen LogP contribution in [0.5, 0.6) is 17.2 Å². The van der Waals surface area contributed by atoms with E-state index in [2.05, 4.69) is 5.32 Å². The fourth-order valence-corrected chi connectivity index (χ4v) is 3.36. The van der Waals surface area contributed by atoms with Crippen molar-refractivity contribution in [3.05, 3.63) is 52.1 Å². The molecular formula is C22H25NO12. The maximum atomic E-state index is 12.4. The Bertz CT molecular complexity index is 1130. The van der Waals surface area contributed by atoms with Crippen LogP contribution in [-0.2, 0) is 0 Å². The summed E-state index contributed by atoms with van der Waals surface area (Å²) < 4.78 is 0. The zero-order valence-corrected chi connectivity index (χ0v) is 18.3. The van der Waals surface area contributed by atoms with Gasteiger partial charge in [-0.15, -0.1) is 0 Å². The summed E-state index contributed by atoms with van der Waals surface area (Å²) in [7, 11) is 1.57. The molecule has 0 aromatic heterocycles. The predicted molar refractivity (Wildman–Crippen MR) is 117 cm³/mol. The number of carbonyl (C=O) groups is 3. The highest BCUT2D eigenvalue weighted by Crippen LogP contribution is 2.39.